The van der Waals surface area contributed by atoms with Crippen LogP contribution in [-0.2, 0) is 17.8 Å². The number of carbonyl (C=O) groups excluding carboxylic acids is 2. The van der Waals surface area contributed by atoms with E-state index < -0.39 is 18.1 Å². The van der Waals surface area contributed by atoms with Crippen molar-refractivity contribution in [3.05, 3.63) is 53.4 Å². The van der Waals surface area contributed by atoms with Gasteiger partial charge in [0.2, 0.25) is 11.8 Å². The maximum atomic E-state index is 13.7. The minimum atomic E-state index is -1.20. The van der Waals surface area contributed by atoms with Gasteiger partial charge in [-0.3, -0.25) is 4.79 Å². The molecule has 3 aromatic rings. The molecule has 2 aromatic heterocycles. The lowest BCUT2D eigenvalue weighted by Crippen LogP contribution is -2.53. The van der Waals surface area contributed by atoms with E-state index in [4.69, 9.17) is 4.42 Å². The zero-order valence-electron chi connectivity index (χ0n) is 23.8. The van der Waals surface area contributed by atoms with Gasteiger partial charge in [0.25, 0.3) is 0 Å². The van der Waals surface area contributed by atoms with Crippen LogP contribution in [0.3, 0.4) is 0 Å². The summed E-state index contributed by atoms with van der Waals surface area (Å²) in [4.78, 5) is 42.5. The second-order valence-corrected chi connectivity index (χ2v) is 11.1. The third-order valence-corrected chi connectivity index (χ3v) is 7.54. The highest BCUT2D eigenvalue weighted by Gasteiger charge is 2.30. The average molecular weight is 552 g/mol. The largest absolute Gasteiger partial charge is 0.476 e. The summed E-state index contributed by atoms with van der Waals surface area (Å²) in [5, 5.41) is 19.5. The maximum absolute atomic E-state index is 13.7. The molecule has 10 nitrogen and oxygen atoms in total. The van der Waals surface area contributed by atoms with Crippen LogP contribution in [0.5, 0.6) is 0 Å². The summed E-state index contributed by atoms with van der Waals surface area (Å²) in [6.45, 7) is 8.37. The molecule has 2 heterocycles. The zero-order chi connectivity index (χ0) is 28.8. The van der Waals surface area contributed by atoms with Gasteiger partial charge in [-0.05, 0) is 50.7 Å². The van der Waals surface area contributed by atoms with E-state index in [0.29, 0.717) is 12.8 Å². The van der Waals surface area contributed by atoms with Crippen molar-refractivity contribution in [2.45, 2.75) is 97.3 Å². The molecule has 0 spiro atoms. The SMILES string of the molecule is CCn1cc(C[C@@H](NC(=O)C(CC(C)C)NC(=O)NC2CCCCC2)c2nc(C(=O)O)c(C)o2)c2ccccc21. The van der Waals surface area contributed by atoms with E-state index in [1.165, 1.54) is 6.42 Å². The molecule has 2 atom stereocenters. The topological polar surface area (TPSA) is 138 Å². The van der Waals surface area contributed by atoms with Gasteiger partial charge < -0.3 is 30.0 Å². The molecule has 1 aliphatic rings. The maximum Gasteiger partial charge on any atom is 0.358 e. The molecule has 0 saturated heterocycles. The highest BCUT2D eigenvalue weighted by Crippen LogP contribution is 2.28. The number of carboxylic acid groups (broad SMARTS) is 1. The number of aromatic nitrogens is 2. The Morgan fingerprint density at radius 1 is 1.12 bits per heavy atom. The van der Waals surface area contributed by atoms with E-state index >= 15 is 0 Å². The van der Waals surface area contributed by atoms with Gasteiger partial charge in [0, 0.05) is 36.1 Å². The first-order valence-electron chi connectivity index (χ1n) is 14.3. The molecule has 4 N–H and O–H groups in total. The second-order valence-electron chi connectivity index (χ2n) is 11.1. The molecule has 10 heteroatoms. The summed E-state index contributed by atoms with van der Waals surface area (Å²) in [5.74, 6) is -1.13. The normalized spacial score (nSPS) is 15.6. The third-order valence-electron chi connectivity index (χ3n) is 7.54. The number of nitrogens with zero attached hydrogens (tertiary/aromatic N) is 2. The molecule has 1 aliphatic carbocycles. The molecular formula is C30H41N5O5. The first kappa shape index (κ1) is 29.2. The highest BCUT2D eigenvalue weighted by atomic mass is 16.4. The Morgan fingerprint density at radius 3 is 2.50 bits per heavy atom. The van der Waals surface area contributed by atoms with Gasteiger partial charge in [-0.15, -0.1) is 0 Å². The van der Waals surface area contributed by atoms with E-state index in [1.807, 2.05) is 44.3 Å². The molecule has 4 rings (SSSR count). The van der Waals surface area contributed by atoms with Crippen LogP contribution in [0.25, 0.3) is 10.9 Å². The van der Waals surface area contributed by atoms with Crippen LogP contribution in [0.1, 0.15) is 93.0 Å². The number of carbonyl (C=O) groups is 3. The van der Waals surface area contributed by atoms with Crippen molar-refractivity contribution in [3.8, 4) is 0 Å². The van der Waals surface area contributed by atoms with Crippen LogP contribution in [0.4, 0.5) is 4.79 Å². The summed E-state index contributed by atoms with van der Waals surface area (Å²) in [5.41, 5.74) is 1.85. The van der Waals surface area contributed by atoms with Crippen molar-refractivity contribution in [2.75, 3.05) is 0 Å². The lowest BCUT2D eigenvalue weighted by molar-refractivity contribution is -0.124. The molecule has 3 amide bonds. The smallest absolute Gasteiger partial charge is 0.358 e. The van der Waals surface area contributed by atoms with E-state index in [0.717, 1.165) is 48.7 Å². The Morgan fingerprint density at radius 2 is 1.85 bits per heavy atom. The molecule has 0 radical (unpaired) electrons. The molecule has 1 fully saturated rings. The summed E-state index contributed by atoms with van der Waals surface area (Å²) in [7, 11) is 0. The number of hydrogen-bond donors (Lipinski definition) is 4. The van der Waals surface area contributed by atoms with E-state index in [9.17, 15) is 19.5 Å². The number of oxazole rings is 1. The number of nitrogens with one attached hydrogen (secondary N) is 3. The van der Waals surface area contributed by atoms with Gasteiger partial charge in [0.15, 0.2) is 5.69 Å². The van der Waals surface area contributed by atoms with Crippen molar-refractivity contribution < 1.29 is 23.9 Å². The second kappa shape index (κ2) is 13.0. The lowest BCUT2D eigenvalue weighted by Gasteiger charge is -2.26. The van der Waals surface area contributed by atoms with Crippen molar-refractivity contribution in [1.29, 1.82) is 0 Å². The number of carboxylic acids is 1. The fourth-order valence-corrected chi connectivity index (χ4v) is 5.54. The quantitative estimate of drug-likeness (QED) is 0.261. The molecule has 0 bridgehead atoms. The van der Waals surface area contributed by atoms with Gasteiger partial charge in [-0.25, -0.2) is 14.6 Å². The summed E-state index contributed by atoms with van der Waals surface area (Å²) < 4.78 is 7.92. The van der Waals surface area contributed by atoms with Crippen LogP contribution < -0.4 is 16.0 Å². The Hall–Kier alpha value is -3.82. The number of benzene rings is 1. The third kappa shape index (κ3) is 7.03. The Bertz CT molecular complexity index is 1340. The lowest BCUT2D eigenvalue weighted by atomic mass is 9.96. The van der Waals surface area contributed by atoms with Crippen molar-refractivity contribution in [2.24, 2.45) is 5.92 Å². The predicted octanol–water partition coefficient (Wildman–Crippen LogP) is 5.10. The van der Waals surface area contributed by atoms with Crippen molar-refractivity contribution >= 4 is 28.8 Å². The van der Waals surface area contributed by atoms with Gasteiger partial charge in [0.05, 0.1) is 0 Å². The molecule has 0 aliphatic heterocycles. The fourth-order valence-electron chi connectivity index (χ4n) is 5.54. The van der Waals surface area contributed by atoms with Gasteiger partial charge >= 0.3 is 12.0 Å². The monoisotopic (exact) mass is 551 g/mol. The number of amides is 3. The fraction of sp³-hybridized carbons (Fsp3) is 0.533. The first-order chi connectivity index (χ1) is 19.2. The van der Waals surface area contributed by atoms with E-state index in [1.54, 1.807) is 6.92 Å². The Kier molecular flexibility index (Phi) is 9.50. The zero-order valence-corrected chi connectivity index (χ0v) is 23.8. The van der Waals surface area contributed by atoms with Crippen LogP contribution in [0, 0.1) is 12.8 Å². The first-order valence-corrected chi connectivity index (χ1v) is 14.3. The molecular weight excluding hydrogens is 510 g/mol. The minimum Gasteiger partial charge on any atom is -0.476 e. The molecule has 40 heavy (non-hydrogen) atoms. The number of fused-ring (bicyclic) bond motifs is 1. The minimum absolute atomic E-state index is 0.116. The average Bonchev–Trinajstić information content (AvgIpc) is 3.48. The molecule has 216 valence electrons. The van der Waals surface area contributed by atoms with Crippen LogP contribution in [0.15, 0.2) is 34.9 Å². The van der Waals surface area contributed by atoms with Gasteiger partial charge in [-0.1, -0.05) is 51.3 Å². The van der Waals surface area contributed by atoms with Crippen molar-refractivity contribution in [1.82, 2.24) is 25.5 Å². The summed E-state index contributed by atoms with van der Waals surface area (Å²) >= 11 is 0. The van der Waals surface area contributed by atoms with Gasteiger partial charge in [0.1, 0.15) is 17.8 Å². The number of para-hydroxylation sites is 1. The summed E-state index contributed by atoms with van der Waals surface area (Å²) in [6, 6.07) is 6.25. The number of hydrogen-bond acceptors (Lipinski definition) is 5. The number of aryl methyl sites for hydroxylation is 2. The summed E-state index contributed by atoms with van der Waals surface area (Å²) in [6.07, 6.45) is 8.06. The van der Waals surface area contributed by atoms with Crippen molar-refractivity contribution in [3.63, 3.8) is 0 Å². The predicted molar refractivity (Wildman–Crippen MR) is 152 cm³/mol. The molecule has 1 aromatic carbocycles. The highest BCUT2D eigenvalue weighted by molar-refractivity contribution is 5.88. The van der Waals surface area contributed by atoms with Crippen LogP contribution in [0.2, 0.25) is 0 Å². The van der Waals surface area contributed by atoms with Crippen LogP contribution in [-0.4, -0.2) is 44.6 Å². The van der Waals surface area contributed by atoms with E-state index in [-0.39, 0.29) is 41.2 Å². The Labute approximate surface area is 234 Å². The van der Waals surface area contributed by atoms with Gasteiger partial charge in [-0.2, -0.15) is 0 Å². The Balaban J connectivity index is 1.60. The molecule has 1 unspecified atom stereocenters. The number of urea groups is 1. The molecule has 1 saturated carbocycles. The number of rotatable bonds is 11. The standard InChI is InChI=1S/C30H41N5O5/c1-5-35-17-20(22-13-9-10-14-25(22)35)16-24(28-34-26(29(37)38)19(4)40-28)32-27(36)23(15-18(2)3)33-30(39)31-21-11-7-6-8-12-21/h9-10,13-14,17-18,21,23-24H,5-8,11-12,15-16H2,1-4H3,(H,32,36)(H,37,38)(H2,31,33,39)/t23?,24-/m1/s1. The number of aromatic carboxylic acids is 1. The van der Waals surface area contributed by atoms with Crippen LogP contribution >= 0.6 is 0 Å². The van der Waals surface area contributed by atoms with E-state index in [2.05, 4.69) is 32.4 Å².